The van der Waals surface area contributed by atoms with E-state index < -0.39 is 12.0 Å². The van der Waals surface area contributed by atoms with Crippen LogP contribution in [0.25, 0.3) is 6.08 Å². The Morgan fingerprint density at radius 3 is 2.52 bits per heavy atom. The van der Waals surface area contributed by atoms with E-state index in [4.69, 9.17) is 14.2 Å². The number of carbonyl (C=O) groups is 1. The number of nitrogens with zero attached hydrogens (tertiary/aromatic N) is 2. The lowest BCUT2D eigenvalue weighted by atomic mass is 9.95. The average molecular weight is 465 g/mol. The fourth-order valence-corrected chi connectivity index (χ4v) is 4.88. The first-order valence-corrected chi connectivity index (χ1v) is 11.3. The number of fused-ring (bicyclic) bond motifs is 1. The second-order valence-corrected chi connectivity index (χ2v) is 8.34. The van der Waals surface area contributed by atoms with Crippen LogP contribution in [-0.2, 0) is 9.53 Å². The van der Waals surface area contributed by atoms with Crippen LogP contribution in [0, 0.1) is 0 Å². The molecule has 0 bridgehead atoms. The third-order valence-electron chi connectivity index (χ3n) is 5.34. The van der Waals surface area contributed by atoms with Gasteiger partial charge in [0.25, 0.3) is 5.56 Å². The maximum atomic E-state index is 13.6. The van der Waals surface area contributed by atoms with E-state index in [1.54, 1.807) is 44.8 Å². The number of allylic oxidation sites excluding steroid dienone is 1. The van der Waals surface area contributed by atoms with E-state index in [0.29, 0.717) is 37.7 Å². The maximum absolute atomic E-state index is 13.6. The van der Waals surface area contributed by atoms with Crippen LogP contribution in [0.5, 0.6) is 11.5 Å². The van der Waals surface area contributed by atoms with Gasteiger partial charge in [-0.1, -0.05) is 47.7 Å². The highest BCUT2D eigenvalue weighted by molar-refractivity contribution is 7.07. The number of ether oxygens (including phenoxy) is 3. The molecule has 0 amide bonds. The van der Waals surface area contributed by atoms with Gasteiger partial charge in [-0.25, -0.2) is 9.79 Å². The first kappa shape index (κ1) is 22.5. The lowest BCUT2D eigenvalue weighted by molar-refractivity contribution is -0.139. The van der Waals surface area contributed by atoms with Crippen molar-refractivity contribution in [3.63, 3.8) is 0 Å². The average Bonchev–Trinajstić information content (AvgIpc) is 3.12. The zero-order chi connectivity index (χ0) is 23.5. The predicted octanol–water partition coefficient (Wildman–Crippen LogP) is 2.82. The number of hydrogen-bond acceptors (Lipinski definition) is 7. The summed E-state index contributed by atoms with van der Waals surface area (Å²) in [6.07, 6.45) is 1.83. The van der Waals surface area contributed by atoms with Crippen molar-refractivity contribution in [1.82, 2.24) is 4.57 Å². The summed E-state index contributed by atoms with van der Waals surface area (Å²) < 4.78 is 18.2. The van der Waals surface area contributed by atoms with E-state index in [1.165, 1.54) is 11.3 Å². The largest absolute Gasteiger partial charge is 0.493 e. The van der Waals surface area contributed by atoms with Crippen molar-refractivity contribution in [2.75, 3.05) is 20.8 Å². The highest BCUT2D eigenvalue weighted by Crippen LogP contribution is 2.36. The molecule has 0 saturated carbocycles. The summed E-state index contributed by atoms with van der Waals surface area (Å²) in [5.41, 5.74) is 2.21. The molecule has 1 aliphatic rings. The summed E-state index contributed by atoms with van der Waals surface area (Å²) in [5.74, 6) is 0.547. The SMILES string of the molecule is CCOC(=O)C1=C(C)N=c2s/c(=C\c3ccccc3)c(=O)n2C1c1ccc(OC)c(OC)c1. The van der Waals surface area contributed by atoms with Crippen molar-refractivity contribution >= 4 is 23.4 Å². The smallest absolute Gasteiger partial charge is 0.338 e. The second kappa shape index (κ2) is 9.46. The molecule has 1 unspecified atom stereocenters. The lowest BCUT2D eigenvalue weighted by Gasteiger charge is -2.25. The molecular weight excluding hydrogens is 440 g/mol. The molecule has 1 atom stereocenters. The number of esters is 1. The molecule has 0 saturated heterocycles. The standard InChI is InChI=1S/C25H24N2O5S/c1-5-32-24(29)21-15(2)26-25-27(22(21)17-11-12-18(30-3)19(14-17)31-4)23(28)20(33-25)13-16-9-7-6-8-10-16/h6-14,22H,5H2,1-4H3/b20-13-. The molecule has 8 heteroatoms. The third-order valence-corrected chi connectivity index (χ3v) is 6.32. The van der Waals surface area contributed by atoms with Gasteiger partial charge in [-0.2, -0.15) is 0 Å². The van der Waals surface area contributed by atoms with Gasteiger partial charge in [0, 0.05) is 0 Å². The Hall–Kier alpha value is -3.65. The van der Waals surface area contributed by atoms with Crippen molar-refractivity contribution in [2.24, 2.45) is 4.99 Å². The summed E-state index contributed by atoms with van der Waals surface area (Å²) in [6.45, 7) is 3.72. The number of benzene rings is 2. The van der Waals surface area contributed by atoms with Gasteiger partial charge < -0.3 is 14.2 Å². The summed E-state index contributed by atoms with van der Waals surface area (Å²) in [6, 6.07) is 14.2. The van der Waals surface area contributed by atoms with E-state index in [9.17, 15) is 9.59 Å². The van der Waals surface area contributed by atoms with Crippen LogP contribution in [0.4, 0.5) is 0 Å². The molecule has 0 fully saturated rings. The molecule has 4 rings (SSSR count). The second-order valence-electron chi connectivity index (χ2n) is 7.33. The van der Waals surface area contributed by atoms with Crippen LogP contribution in [0.1, 0.15) is 31.0 Å². The summed E-state index contributed by atoms with van der Waals surface area (Å²) >= 11 is 1.29. The van der Waals surface area contributed by atoms with E-state index in [-0.39, 0.29) is 12.2 Å². The first-order chi connectivity index (χ1) is 16.0. The normalized spacial score (nSPS) is 15.6. The van der Waals surface area contributed by atoms with Crippen molar-refractivity contribution < 1.29 is 19.0 Å². The van der Waals surface area contributed by atoms with Crippen molar-refractivity contribution in [2.45, 2.75) is 19.9 Å². The van der Waals surface area contributed by atoms with Gasteiger partial charge in [0.05, 0.1) is 42.7 Å². The number of thiazole rings is 1. The molecule has 0 N–H and O–H groups in total. The predicted molar refractivity (Wildman–Crippen MR) is 126 cm³/mol. The van der Waals surface area contributed by atoms with E-state index >= 15 is 0 Å². The quantitative estimate of drug-likeness (QED) is 0.524. The van der Waals surface area contributed by atoms with Gasteiger partial charge in [-0.3, -0.25) is 9.36 Å². The maximum Gasteiger partial charge on any atom is 0.338 e. The van der Waals surface area contributed by atoms with Crippen molar-refractivity contribution in [3.8, 4) is 11.5 Å². The zero-order valence-corrected chi connectivity index (χ0v) is 19.6. The van der Waals surface area contributed by atoms with Gasteiger partial charge in [0.2, 0.25) is 0 Å². The van der Waals surface area contributed by atoms with Gasteiger partial charge in [0.1, 0.15) is 0 Å². The molecule has 3 aromatic rings. The fourth-order valence-electron chi connectivity index (χ4n) is 3.83. The minimum absolute atomic E-state index is 0.215. The third kappa shape index (κ3) is 4.21. The molecule has 0 spiro atoms. The summed E-state index contributed by atoms with van der Waals surface area (Å²) in [5, 5.41) is 0. The van der Waals surface area contributed by atoms with Gasteiger partial charge in [-0.05, 0) is 43.2 Å². The molecule has 1 aliphatic heterocycles. The minimum Gasteiger partial charge on any atom is -0.493 e. The minimum atomic E-state index is -0.710. The van der Waals surface area contributed by atoms with Crippen LogP contribution < -0.4 is 24.4 Å². The molecule has 2 heterocycles. The monoisotopic (exact) mass is 464 g/mol. The van der Waals surface area contributed by atoms with E-state index in [1.807, 2.05) is 42.5 Å². The van der Waals surface area contributed by atoms with Gasteiger partial charge in [-0.15, -0.1) is 0 Å². The number of carbonyl (C=O) groups excluding carboxylic acids is 1. The fraction of sp³-hybridized carbons (Fsp3) is 0.240. The first-order valence-electron chi connectivity index (χ1n) is 10.4. The zero-order valence-electron chi connectivity index (χ0n) is 18.8. The van der Waals surface area contributed by atoms with Crippen LogP contribution in [0.2, 0.25) is 0 Å². The molecule has 33 heavy (non-hydrogen) atoms. The number of aromatic nitrogens is 1. The Morgan fingerprint density at radius 2 is 1.85 bits per heavy atom. The van der Waals surface area contributed by atoms with Crippen molar-refractivity contribution in [1.29, 1.82) is 0 Å². The Balaban J connectivity index is 1.98. The van der Waals surface area contributed by atoms with E-state index in [2.05, 4.69) is 4.99 Å². The van der Waals surface area contributed by atoms with Gasteiger partial charge in [0.15, 0.2) is 16.3 Å². The molecule has 170 valence electrons. The van der Waals surface area contributed by atoms with Crippen LogP contribution in [-0.4, -0.2) is 31.4 Å². The van der Waals surface area contributed by atoms with Crippen LogP contribution in [0.15, 0.2) is 69.6 Å². The highest BCUT2D eigenvalue weighted by Gasteiger charge is 2.33. The molecule has 1 aromatic heterocycles. The number of rotatable bonds is 6. The molecule has 0 aliphatic carbocycles. The number of methoxy groups -OCH3 is 2. The highest BCUT2D eigenvalue weighted by atomic mass is 32.1. The molecule has 2 aromatic carbocycles. The van der Waals surface area contributed by atoms with Crippen LogP contribution >= 0.6 is 11.3 Å². The summed E-state index contributed by atoms with van der Waals surface area (Å²) in [4.78, 5) is 31.6. The molecular formula is C25H24N2O5S. The van der Waals surface area contributed by atoms with Crippen molar-refractivity contribution in [3.05, 3.63) is 90.6 Å². The Bertz CT molecular complexity index is 1400. The summed E-state index contributed by atoms with van der Waals surface area (Å²) in [7, 11) is 3.10. The van der Waals surface area contributed by atoms with Crippen LogP contribution in [0.3, 0.4) is 0 Å². The number of hydrogen-bond donors (Lipinski definition) is 0. The Kier molecular flexibility index (Phi) is 6.46. The Morgan fingerprint density at radius 1 is 1.12 bits per heavy atom. The van der Waals surface area contributed by atoms with E-state index in [0.717, 1.165) is 5.56 Å². The topological polar surface area (TPSA) is 79.1 Å². The lowest BCUT2D eigenvalue weighted by Crippen LogP contribution is -2.39. The molecule has 0 radical (unpaired) electrons. The van der Waals surface area contributed by atoms with Gasteiger partial charge >= 0.3 is 5.97 Å². The Labute approximate surface area is 194 Å². The molecule has 7 nitrogen and oxygen atoms in total.